The molecular weight excluding hydrogens is 386 g/mol. The standard InChI is InChI=1S/C18H12BrN3O3/c19-14-7-11(8-15-17(23)22-18(24)21-15)5-6-16(14)25-10-13-4-2-1-3-12(13)9-20/h1-8H,10H2,(H2,21,22,23,24). The molecule has 3 rings (SSSR count). The molecule has 124 valence electrons. The molecule has 0 spiro atoms. The van der Waals surface area contributed by atoms with Crippen LogP contribution in [0.1, 0.15) is 16.7 Å². The van der Waals surface area contributed by atoms with Gasteiger partial charge in [-0.05, 0) is 45.8 Å². The maximum Gasteiger partial charge on any atom is 0.326 e. The largest absolute Gasteiger partial charge is 0.488 e. The first-order valence-electron chi connectivity index (χ1n) is 7.31. The third-order valence-corrected chi connectivity index (χ3v) is 4.13. The number of imide groups is 1. The van der Waals surface area contributed by atoms with Crippen LogP contribution in [-0.4, -0.2) is 11.9 Å². The van der Waals surface area contributed by atoms with Crippen molar-refractivity contribution < 1.29 is 14.3 Å². The molecule has 1 aliphatic heterocycles. The van der Waals surface area contributed by atoms with E-state index in [9.17, 15) is 9.59 Å². The van der Waals surface area contributed by atoms with Gasteiger partial charge in [0.1, 0.15) is 18.1 Å². The van der Waals surface area contributed by atoms with Crippen molar-refractivity contribution in [3.05, 3.63) is 69.3 Å². The average Bonchev–Trinajstić information content (AvgIpc) is 2.91. The summed E-state index contributed by atoms with van der Waals surface area (Å²) < 4.78 is 6.46. The summed E-state index contributed by atoms with van der Waals surface area (Å²) in [4.78, 5) is 22.6. The van der Waals surface area contributed by atoms with Crippen LogP contribution in [0.4, 0.5) is 4.79 Å². The number of halogens is 1. The van der Waals surface area contributed by atoms with Gasteiger partial charge in [0, 0.05) is 5.56 Å². The molecule has 0 radical (unpaired) electrons. The highest BCUT2D eigenvalue weighted by Gasteiger charge is 2.22. The Hall–Kier alpha value is -3.11. The maximum absolute atomic E-state index is 11.5. The highest BCUT2D eigenvalue weighted by Crippen LogP contribution is 2.28. The number of ether oxygens (including phenoxy) is 1. The molecule has 0 atom stereocenters. The first-order valence-corrected chi connectivity index (χ1v) is 8.10. The number of nitriles is 1. The van der Waals surface area contributed by atoms with Crippen molar-refractivity contribution in [2.75, 3.05) is 0 Å². The summed E-state index contributed by atoms with van der Waals surface area (Å²) in [6.45, 7) is 0.265. The summed E-state index contributed by atoms with van der Waals surface area (Å²) in [5.41, 5.74) is 2.29. The van der Waals surface area contributed by atoms with E-state index in [1.807, 2.05) is 12.1 Å². The second-order valence-corrected chi connectivity index (χ2v) is 6.07. The number of amides is 3. The molecule has 1 fully saturated rings. The molecule has 0 unspecified atom stereocenters. The average molecular weight is 398 g/mol. The van der Waals surface area contributed by atoms with Crippen LogP contribution >= 0.6 is 15.9 Å². The van der Waals surface area contributed by atoms with E-state index in [0.717, 1.165) is 11.1 Å². The predicted octanol–water partition coefficient (Wildman–Crippen LogP) is 3.08. The zero-order valence-corrected chi connectivity index (χ0v) is 14.5. The molecule has 0 aromatic heterocycles. The summed E-state index contributed by atoms with van der Waals surface area (Å²) >= 11 is 3.43. The Kier molecular flexibility index (Phi) is 4.82. The van der Waals surface area contributed by atoms with Crippen molar-refractivity contribution in [2.45, 2.75) is 6.61 Å². The van der Waals surface area contributed by atoms with Crippen molar-refractivity contribution in [1.29, 1.82) is 5.26 Å². The molecule has 0 aliphatic carbocycles. The summed E-state index contributed by atoms with van der Waals surface area (Å²) in [6, 6.07) is 14.1. The minimum Gasteiger partial charge on any atom is -0.488 e. The first-order chi connectivity index (χ1) is 12.1. The minimum absolute atomic E-state index is 0.188. The van der Waals surface area contributed by atoms with Crippen LogP contribution in [0.2, 0.25) is 0 Å². The second-order valence-electron chi connectivity index (χ2n) is 5.21. The third-order valence-electron chi connectivity index (χ3n) is 3.51. The SMILES string of the molecule is N#Cc1ccccc1COc1ccc(C=C2NC(=O)NC2=O)cc1Br. The zero-order chi connectivity index (χ0) is 17.8. The molecule has 25 heavy (non-hydrogen) atoms. The fraction of sp³-hybridized carbons (Fsp3) is 0.0556. The molecule has 1 heterocycles. The van der Waals surface area contributed by atoms with Gasteiger partial charge in [0.25, 0.3) is 5.91 Å². The van der Waals surface area contributed by atoms with E-state index in [0.29, 0.717) is 15.8 Å². The van der Waals surface area contributed by atoms with Crippen LogP contribution in [0.5, 0.6) is 5.75 Å². The highest BCUT2D eigenvalue weighted by molar-refractivity contribution is 9.10. The van der Waals surface area contributed by atoms with Gasteiger partial charge in [-0.25, -0.2) is 4.79 Å². The molecule has 0 bridgehead atoms. The Balaban J connectivity index is 1.74. The Bertz CT molecular complexity index is 931. The summed E-state index contributed by atoms with van der Waals surface area (Å²) in [6.07, 6.45) is 1.57. The Morgan fingerprint density at radius 1 is 1.16 bits per heavy atom. The van der Waals surface area contributed by atoms with Gasteiger partial charge in [-0.15, -0.1) is 0 Å². The molecule has 6 nitrogen and oxygen atoms in total. The fourth-order valence-electron chi connectivity index (χ4n) is 2.28. The lowest BCUT2D eigenvalue weighted by Crippen LogP contribution is -2.22. The Morgan fingerprint density at radius 3 is 2.64 bits per heavy atom. The summed E-state index contributed by atoms with van der Waals surface area (Å²) in [5.74, 6) is 0.143. The fourth-order valence-corrected chi connectivity index (χ4v) is 2.79. The van der Waals surface area contributed by atoms with Gasteiger partial charge in [-0.1, -0.05) is 24.3 Å². The lowest BCUT2D eigenvalue weighted by atomic mass is 10.1. The van der Waals surface area contributed by atoms with Gasteiger partial charge in [0.15, 0.2) is 0 Å². The van der Waals surface area contributed by atoms with E-state index in [1.54, 1.807) is 36.4 Å². The maximum atomic E-state index is 11.5. The number of hydrogen-bond donors (Lipinski definition) is 2. The number of urea groups is 1. The van der Waals surface area contributed by atoms with Crippen LogP contribution < -0.4 is 15.4 Å². The molecular formula is C18H12BrN3O3. The van der Waals surface area contributed by atoms with Crippen molar-refractivity contribution in [2.24, 2.45) is 0 Å². The molecule has 2 aromatic carbocycles. The number of carbonyl (C=O) groups excluding carboxylic acids is 2. The second kappa shape index (κ2) is 7.20. The van der Waals surface area contributed by atoms with Crippen molar-refractivity contribution >= 4 is 33.9 Å². The molecule has 3 amide bonds. The van der Waals surface area contributed by atoms with Gasteiger partial charge in [0.2, 0.25) is 0 Å². The smallest absolute Gasteiger partial charge is 0.326 e. The van der Waals surface area contributed by atoms with Crippen molar-refractivity contribution in [3.8, 4) is 11.8 Å². The summed E-state index contributed by atoms with van der Waals surface area (Å²) in [7, 11) is 0. The van der Waals surface area contributed by atoms with Crippen molar-refractivity contribution in [1.82, 2.24) is 10.6 Å². The number of nitrogens with one attached hydrogen (secondary N) is 2. The molecule has 1 aliphatic rings. The number of nitrogens with zero attached hydrogens (tertiary/aromatic N) is 1. The van der Waals surface area contributed by atoms with Crippen LogP contribution in [0, 0.1) is 11.3 Å². The van der Waals surface area contributed by atoms with Gasteiger partial charge in [-0.3, -0.25) is 10.1 Å². The quantitative estimate of drug-likeness (QED) is 0.612. The minimum atomic E-state index is -0.536. The van der Waals surface area contributed by atoms with Crippen LogP contribution in [0.25, 0.3) is 6.08 Å². The molecule has 1 saturated heterocycles. The highest BCUT2D eigenvalue weighted by atomic mass is 79.9. The van der Waals surface area contributed by atoms with Gasteiger partial charge < -0.3 is 10.1 Å². The van der Waals surface area contributed by atoms with E-state index in [1.165, 1.54) is 0 Å². The number of rotatable bonds is 4. The van der Waals surface area contributed by atoms with Crippen LogP contribution in [0.3, 0.4) is 0 Å². The molecule has 7 heteroatoms. The van der Waals surface area contributed by atoms with E-state index >= 15 is 0 Å². The van der Waals surface area contributed by atoms with E-state index in [2.05, 4.69) is 32.6 Å². The van der Waals surface area contributed by atoms with E-state index in [-0.39, 0.29) is 12.3 Å². The van der Waals surface area contributed by atoms with E-state index < -0.39 is 11.9 Å². The normalized spacial score (nSPS) is 14.8. The van der Waals surface area contributed by atoms with E-state index in [4.69, 9.17) is 10.00 Å². The van der Waals surface area contributed by atoms with Gasteiger partial charge in [0.05, 0.1) is 16.1 Å². The first kappa shape index (κ1) is 16.7. The number of carbonyl (C=O) groups is 2. The third kappa shape index (κ3) is 3.87. The van der Waals surface area contributed by atoms with Gasteiger partial charge >= 0.3 is 6.03 Å². The van der Waals surface area contributed by atoms with Crippen LogP contribution in [-0.2, 0) is 11.4 Å². The zero-order valence-electron chi connectivity index (χ0n) is 12.9. The number of benzene rings is 2. The topological polar surface area (TPSA) is 91.2 Å². The van der Waals surface area contributed by atoms with Crippen molar-refractivity contribution in [3.63, 3.8) is 0 Å². The Labute approximate surface area is 152 Å². The van der Waals surface area contributed by atoms with Gasteiger partial charge in [-0.2, -0.15) is 5.26 Å². The summed E-state index contributed by atoms with van der Waals surface area (Å²) in [5, 5.41) is 13.7. The Morgan fingerprint density at radius 2 is 1.96 bits per heavy atom. The number of hydrogen-bond acceptors (Lipinski definition) is 4. The lowest BCUT2D eigenvalue weighted by Gasteiger charge is -2.10. The molecule has 0 saturated carbocycles. The predicted molar refractivity (Wildman–Crippen MR) is 94.3 cm³/mol. The molecule has 2 aromatic rings. The monoisotopic (exact) mass is 397 g/mol. The van der Waals surface area contributed by atoms with Crippen LogP contribution in [0.15, 0.2) is 52.6 Å². The lowest BCUT2D eigenvalue weighted by molar-refractivity contribution is -0.115. The molecule has 2 N–H and O–H groups in total.